The lowest BCUT2D eigenvalue weighted by atomic mass is 10.1. The largest absolute Gasteiger partial charge is 0.490 e. The summed E-state index contributed by atoms with van der Waals surface area (Å²) in [6.45, 7) is 8.36. The van der Waals surface area contributed by atoms with Gasteiger partial charge in [0.2, 0.25) is 5.75 Å². The number of methoxy groups -OCH3 is 1. The molecule has 0 fully saturated rings. The minimum absolute atomic E-state index is 0.695. The summed E-state index contributed by atoms with van der Waals surface area (Å²) in [6.07, 6.45) is 4.94. The number of hydrogen-bond donors (Lipinski definition) is 2. The van der Waals surface area contributed by atoms with Gasteiger partial charge in [-0.3, -0.25) is 0 Å². The number of nitrogens with one attached hydrogen (secondary N) is 2. The molecule has 0 unspecified atom stereocenters. The third kappa shape index (κ3) is 5.32. The maximum Gasteiger partial charge on any atom is 0.204 e. The van der Waals surface area contributed by atoms with Gasteiger partial charge in [0.15, 0.2) is 11.6 Å². The second kappa shape index (κ2) is 8.56. The van der Waals surface area contributed by atoms with E-state index in [0.29, 0.717) is 5.75 Å². The predicted octanol–water partition coefficient (Wildman–Crippen LogP) is 3.16. The highest BCUT2D eigenvalue weighted by Crippen LogP contribution is 2.28. The lowest BCUT2D eigenvalue weighted by molar-refractivity contribution is 0.414. The zero-order valence-corrected chi connectivity index (χ0v) is 12.5. The molecule has 19 heavy (non-hydrogen) atoms. The van der Waals surface area contributed by atoms with E-state index in [4.69, 9.17) is 4.74 Å². The van der Waals surface area contributed by atoms with Crippen LogP contribution in [-0.2, 0) is 0 Å². The highest BCUT2D eigenvalue weighted by Gasteiger charge is 2.11. The van der Waals surface area contributed by atoms with E-state index >= 15 is 0 Å². The molecule has 5 nitrogen and oxygen atoms in total. The number of anilines is 2. The Kier molecular flexibility index (Phi) is 7.00. The standard InChI is InChI=1S/C14H26N4O/c1-5-8-15-13-12(19-4)14(18-10-17-13)16-9-6-7-11(2)3/h10-11H,5-9H2,1-4H3,(H2,15,16,17,18). The second-order valence-corrected chi connectivity index (χ2v) is 4.99. The molecule has 0 saturated carbocycles. The molecule has 0 aliphatic rings. The van der Waals surface area contributed by atoms with Crippen LogP contribution >= 0.6 is 0 Å². The summed E-state index contributed by atoms with van der Waals surface area (Å²) >= 11 is 0. The summed E-state index contributed by atoms with van der Waals surface area (Å²) in [4.78, 5) is 8.46. The smallest absolute Gasteiger partial charge is 0.204 e. The van der Waals surface area contributed by atoms with Crippen molar-refractivity contribution in [2.24, 2.45) is 5.92 Å². The molecule has 5 heteroatoms. The Hall–Kier alpha value is -1.52. The summed E-state index contributed by atoms with van der Waals surface area (Å²) in [5.41, 5.74) is 0. The van der Waals surface area contributed by atoms with Crippen LogP contribution in [0.1, 0.15) is 40.0 Å². The molecule has 1 rings (SSSR count). The first-order chi connectivity index (χ1) is 9.19. The molecule has 1 aromatic heterocycles. The highest BCUT2D eigenvalue weighted by molar-refractivity contribution is 5.63. The third-order valence-electron chi connectivity index (χ3n) is 2.80. The van der Waals surface area contributed by atoms with Gasteiger partial charge in [-0.05, 0) is 25.2 Å². The second-order valence-electron chi connectivity index (χ2n) is 4.99. The van der Waals surface area contributed by atoms with Crippen LogP contribution in [0.25, 0.3) is 0 Å². The van der Waals surface area contributed by atoms with Crippen LogP contribution in [-0.4, -0.2) is 30.2 Å². The monoisotopic (exact) mass is 266 g/mol. The third-order valence-corrected chi connectivity index (χ3v) is 2.80. The van der Waals surface area contributed by atoms with Crippen molar-refractivity contribution in [2.45, 2.75) is 40.0 Å². The first-order valence-electron chi connectivity index (χ1n) is 7.05. The molecule has 0 saturated heterocycles. The Morgan fingerprint density at radius 3 is 2.32 bits per heavy atom. The maximum atomic E-state index is 5.40. The molecule has 1 aromatic rings. The normalized spacial score (nSPS) is 10.6. The molecule has 0 aromatic carbocycles. The van der Waals surface area contributed by atoms with Gasteiger partial charge in [-0.1, -0.05) is 20.8 Å². The van der Waals surface area contributed by atoms with E-state index in [-0.39, 0.29) is 0 Å². The first-order valence-corrected chi connectivity index (χ1v) is 7.05. The molecule has 0 spiro atoms. The van der Waals surface area contributed by atoms with Gasteiger partial charge >= 0.3 is 0 Å². The fourth-order valence-corrected chi connectivity index (χ4v) is 1.78. The fraction of sp³-hybridized carbons (Fsp3) is 0.714. The van der Waals surface area contributed by atoms with Gasteiger partial charge in [-0.25, -0.2) is 9.97 Å². The van der Waals surface area contributed by atoms with E-state index in [2.05, 4.69) is 41.4 Å². The molecule has 108 valence electrons. The summed E-state index contributed by atoms with van der Waals surface area (Å²) < 4.78 is 5.40. The van der Waals surface area contributed by atoms with E-state index in [0.717, 1.165) is 43.5 Å². The molecule has 0 radical (unpaired) electrons. The zero-order valence-electron chi connectivity index (χ0n) is 12.5. The number of nitrogens with zero attached hydrogens (tertiary/aromatic N) is 2. The summed E-state index contributed by atoms with van der Waals surface area (Å²) in [5, 5.41) is 6.57. The first kappa shape index (κ1) is 15.5. The van der Waals surface area contributed by atoms with Crippen molar-refractivity contribution >= 4 is 11.6 Å². The lowest BCUT2D eigenvalue weighted by Crippen LogP contribution is -2.10. The van der Waals surface area contributed by atoms with Gasteiger partial charge < -0.3 is 15.4 Å². The van der Waals surface area contributed by atoms with Gasteiger partial charge in [0.25, 0.3) is 0 Å². The van der Waals surface area contributed by atoms with Crippen molar-refractivity contribution < 1.29 is 4.74 Å². The van der Waals surface area contributed by atoms with E-state index in [9.17, 15) is 0 Å². The van der Waals surface area contributed by atoms with Crippen LogP contribution in [0.4, 0.5) is 11.6 Å². The van der Waals surface area contributed by atoms with E-state index < -0.39 is 0 Å². The van der Waals surface area contributed by atoms with Gasteiger partial charge in [0.1, 0.15) is 6.33 Å². The molecular formula is C14H26N4O. The summed E-state index contributed by atoms with van der Waals surface area (Å²) in [7, 11) is 1.65. The molecule has 0 amide bonds. The number of ether oxygens (including phenoxy) is 1. The van der Waals surface area contributed by atoms with E-state index in [1.54, 1.807) is 13.4 Å². The lowest BCUT2D eigenvalue weighted by Gasteiger charge is -2.14. The van der Waals surface area contributed by atoms with Crippen LogP contribution in [0, 0.1) is 5.92 Å². The Balaban J connectivity index is 2.61. The van der Waals surface area contributed by atoms with Crippen LogP contribution < -0.4 is 15.4 Å². The highest BCUT2D eigenvalue weighted by atomic mass is 16.5. The fourth-order valence-electron chi connectivity index (χ4n) is 1.78. The Morgan fingerprint density at radius 1 is 1.16 bits per heavy atom. The summed E-state index contributed by atoms with van der Waals surface area (Å²) in [5.74, 6) is 2.95. The van der Waals surface area contributed by atoms with Crippen molar-refractivity contribution in [1.29, 1.82) is 0 Å². The SMILES string of the molecule is CCCNc1ncnc(NCCCC(C)C)c1OC. The number of hydrogen-bond acceptors (Lipinski definition) is 5. The van der Waals surface area contributed by atoms with Crippen LogP contribution in [0.2, 0.25) is 0 Å². The van der Waals surface area contributed by atoms with Crippen molar-refractivity contribution in [3.05, 3.63) is 6.33 Å². The molecule has 1 heterocycles. The van der Waals surface area contributed by atoms with Crippen molar-refractivity contribution in [2.75, 3.05) is 30.8 Å². The molecule has 2 N–H and O–H groups in total. The molecule has 0 aliphatic heterocycles. The van der Waals surface area contributed by atoms with Gasteiger partial charge in [-0.15, -0.1) is 0 Å². The van der Waals surface area contributed by atoms with Crippen LogP contribution in [0.5, 0.6) is 5.75 Å². The van der Waals surface area contributed by atoms with Crippen molar-refractivity contribution in [3.63, 3.8) is 0 Å². The Labute approximate surface area is 116 Å². The molecule has 0 bridgehead atoms. The number of aromatic nitrogens is 2. The van der Waals surface area contributed by atoms with E-state index in [1.807, 2.05) is 0 Å². The van der Waals surface area contributed by atoms with Crippen molar-refractivity contribution in [1.82, 2.24) is 9.97 Å². The Bertz CT molecular complexity index is 368. The van der Waals surface area contributed by atoms with Gasteiger partial charge in [0.05, 0.1) is 7.11 Å². The summed E-state index contributed by atoms with van der Waals surface area (Å²) in [6, 6.07) is 0. The molecule has 0 aliphatic carbocycles. The van der Waals surface area contributed by atoms with Gasteiger partial charge in [-0.2, -0.15) is 0 Å². The average molecular weight is 266 g/mol. The van der Waals surface area contributed by atoms with Crippen molar-refractivity contribution in [3.8, 4) is 5.75 Å². The van der Waals surface area contributed by atoms with E-state index in [1.165, 1.54) is 6.42 Å². The minimum atomic E-state index is 0.695. The maximum absolute atomic E-state index is 5.40. The topological polar surface area (TPSA) is 59.1 Å². The molecular weight excluding hydrogens is 240 g/mol. The van der Waals surface area contributed by atoms with Crippen LogP contribution in [0.15, 0.2) is 6.33 Å². The van der Waals surface area contributed by atoms with Crippen LogP contribution in [0.3, 0.4) is 0 Å². The molecule has 0 atom stereocenters. The van der Waals surface area contributed by atoms with Gasteiger partial charge in [0, 0.05) is 13.1 Å². The zero-order chi connectivity index (χ0) is 14.1. The minimum Gasteiger partial charge on any atom is -0.490 e. The average Bonchev–Trinajstić information content (AvgIpc) is 2.41. The quantitative estimate of drug-likeness (QED) is 0.672. The number of rotatable bonds is 9. The predicted molar refractivity (Wildman–Crippen MR) is 79.9 cm³/mol. The Morgan fingerprint density at radius 2 is 1.79 bits per heavy atom.